The van der Waals surface area contributed by atoms with Crippen LogP contribution in [0.2, 0.25) is 0 Å². The third-order valence-corrected chi connectivity index (χ3v) is 4.05. The molecule has 1 amide bonds. The third-order valence-electron chi connectivity index (χ3n) is 4.05. The van der Waals surface area contributed by atoms with Crippen molar-refractivity contribution in [1.82, 2.24) is 10.2 Å². The molecule has 102 valence electrons. The van der Waals surface area contributed by atoms with Gasteiger partial charge in [-0.15, -0.1) is 0 Å². The summed E-state index contributed by atoms with van der Waals surface area (Å²) < 4.78 is 0. The van der Waals surface area contributed by atoms with Gasteiger partial charge in [0.05, 0.1) is 11.8 Å². The lowest BCUT2D eigenvalue weighted by Gasteiger charge is -2.32. The first-order chi connectivity index (χ1) is 8.70. The Morgan fingerprint density at radius 3 is 2.44 bits per heavy atom. The van der Waals surface area contributed by atoms with Gasteiger partial charge in [-0.3, -0.25) is 9.59 Å². The molecule has 2 fully saturated rings. The fraction of sp³-hybridized carbons (Fsp3) is 0.846. The molecule has 2 N–H and O–H groups in total. The minimum Gasteiger partial charge on any atom is -0.481 e. The minimum absolute atomic E-state index is 0.0609. The van der Waals surface area contributed by atoms with E-state index >= 15 is 0 Å². The largest absolute Gasteiger partial charge is 0.481 e. The van der Waals surface area contributed by atoms with Crippen LogP contribution in [0.15, 0.2) is 0 Å². The van der Waals surface area contributed by atoms with Crippen LogP contribution in [-0.4, -0.2) is 48.1 Å². The van der Waals surface area contributed by atoms with Crippen molar-refractivity contribution in [3.63, 3.8) is 0 Å². The summed E-state index contributed by atoms with van der Waals surface area (Å²) in [5, 5.41) is 12.5. The summed E-state index contributed by atoms with van der Waals surface area (Å²) in [5.41, 5.74) is 0. The highest BCUT2D eigenvalue weighted by Crippen LogP contribution is 2.31. The fourth-order valence-corrected chi connectivity index (χ4v) is 3.02. The maximum Gasteiger partial charge on any atom is 0.307 e. The standard InChI is InChI=1S/C13H22N2O3/c16-12(15-8-3-6-14-7-9-15)10-4-1-2-5-11(10)13(17)18/h10-11,14H,1-9H2,(H,17,18)/t10-,11+/m1/s1. The highest BCUT2D eigenvalue weighted by molar-refractivity contribution is 5.85. The van der Waals surface area contributed by atoms with Gasteiger partial charge in [0.2, 0.25) is 5.91 Å². The molecular formula is C13H22N2O3. The van der Waals surface area contributed by atoms with E-state index in [0.717, 1.165) is 45.3 Å². The predicted octanol–water partition coefficient (Wildman–Crippen LogP) is 0.699. The lowest BCUT2D eigenvalue weighted by atomic mass is 9.78. The van der Waals surface area contributed by atoms with Gasteiger partial charge in [-0.2, -0.15) is 0 Å². The Morgan fingerprint density at radius 2 is 1.72 bits per heavy atom. The summed E-state index contributed by atoms with van der Waals surface area (Å²) in [7, 11) is 0. The number of carbonyl (C=O) groups is 2. The summed E-state index contributed by atoms with van der Waals surface area (Å²) in [4.78, 5) is 25.5. The third kappa shape index (κ3) is 3.02. The van der Waals surface area contributed by atoms with Crippen LogP contribution in [0.25, 0.3) is 0 Å². The molecule has 0 unspecified atom stereocenters. The highest BCUT2D eigenvalue weighted by atomic mass is 16.4. The zero-order valence-electron chi connectivity index (χ0n) is 10.7. The number of hydrogen-bond donors (Lipinski definition) is 2. The van der Waals surface area contributed by atoms with E-state index in [-0.39, 0.29) is 11.8 Å². The first kappa shape index (κ1) is 13.3. The normalized spacial score (nSPS) is 29.7. The molecule has 2 atom stereocenters. The van der Waals surface area contributed by atoms with Crippen molar-refractivity contribution in [1.29, 1.82) is 0 Å². The molecule has 1 aliphatic carbocycles. The van der Waals surface area contributed by atoms with Gasteiger partial charge in [0, 0.05) is 19.6 Å². The molecule has 0 aromatic rings. The van der Waals surface area contributed by atoms with Crippen LogP contribution in [0.3, 0.4) is 0 Å². The second kappa shape index (κ2) is 6.18. The fourth-order valence-electron chi connectivity index (χ4n) is 3.02. The Hall–Kier alpha value is -1.10. The number of hydrogen-bond acceptors (Lipinski definition) is 3. The van der Waals surface area contributed by atoms with E-state index < -0.39 is 11.9 Å². The van der Waals surface area contributed by atoms with Crippen molar-refractivity contribution in [2.24, 2.45) is 11.8 Å². The van der Waals surface area contributed by atoms with Crippen LogP contribution < -0.4 is 5.32 Å². The van der Waals surface area contributed by atoms with Crippen LogP contribution in [-0.2, 0) is 9.59 Å². The van der Waals surface area contributed by atoms with E-state index in [1.54, 1.807) is 0 Å². The highest BCUT2D eigenvalue weighted by Gasteiger charge is 2.37. The average Bonchev–Trinajstić information content (AvgIpc) is 2.66. The van der Waals surface area contributed by atoms with Crippen LogP contribution >= 0.6 is 0 Å². The Labute approximate surface area is 108 Å². The number of rotatable bonds is 2. The van der Waals surface area contributed by atoms with E-state index in [4.69, 9.17) is 0 Å². The van der Waals surface area contributed by atoms with Crippen molar-refractivity contribution in [2.45, 2.75) is 32.1 Å². The zero-order chi connectivity index (χ0) is 13.0. The van der Waals surface area contributed by atoms with Crippen molar-refractivity contribution in [2.75, 3.05) is 26.2 Å². The lowest BCUT2D eigenvalue weighted by molar-refractivity contribution is -0.152. The molecule has 1 heterocycles. The lowest BCUT2D eigenvalue weighted by Crippen LogP contribution is -2.43. The molecule has 5 nitrogen and oxygen atoms in total. The van der Waals surface area contributed by atoms with Gasteiger partial charge in [-0.25, -0.2) is 0 Å². The number of amides is 1. The van der Waals surface area contributed by atoms with Crippen molar-refractivity contribution >= 4 is 11.9 Å². The molecule has 0 aromatic carbocycles. The number of aliphatic carboxylic acids is 1. The molecule has 1 saturated carbocycles. The average molecular weight is 254 g/mol. The van der Waals surface area contributed by atoms with E-state index in [9.17, 15) is 14.7 Å². The van der Waals surface area contributed by atoms with E-state index in [0.29, 0.717) is 13.0 Å². The summed E-state index contributed by atoms with van der Waals surface area (Å²) >= 11 is 0. The van der Waals surface area contributed by atoms with E-state index in [1.165, 1.54) is 0 Å². The van der Waals surface area contributed by atoms with Gasteiger partial charge in [-0.05, 0) is 25.8 Å². The van der Waals surface area contributed by atoms with E-state index in [1.807, 2.05) is 4.90 Å². The number of nitrogens with zero attached hydrogens (tertiary/aromatic N) is 1. The van der Waals surface area contributed by atoms with Crippen molar-refractivity contribution < 1.29 is 14.7 Å². The molecule has 1 saturated heterocycles. The van der Waals surface area contributed by atoms with Gasteiger partial charge in [0.25, 0.3) is 0 Å². The Balaban J connectivity index is 2.02. The maximum absolute atomic E-state index is 12.5. The second-order valence-corrected chi connectivity index (χ2v) is 5.26. The molecule has 2 rings (SSSR count). The van der Waals surface area contributed by atoms with Gasteiger partial charge in [-0.1, -0.05) is 12.8 Å². The van der Waals surface area contributed by atoms with Gasteiger partial charge in [0.15, 0.2) is 0 Å². The van der Waals surface area contributed by atoms with Crippen molar-refractivity contribution in [3.05, 3.63) is 0 Å². The molecule has 0 aromatic heterocycles. The monoisotopic (exact) mass is 254 g/mol. The predicted molar refractivity (Wildman–Crippen MR) is 67.2 cm³/mol. The summed E-state index contributed by atoms with van der Waals surface area (Å²) in [6.07, 6.45) is 4.25. The Kier molecular flexibility index (Phi) is 4.58. The first-order valence-electron chi connectivity index (χ1n) is 6.92. The molecule has 0 radical (unpaired) electrons. The van der Waals surface area contributed by atoms with Gasteiger partial charge < -0.3 is 15.3 Å². The number of carbonyl (C=O) groups excluding carboxylic acids is 1. The quantitative estimate of drug-likeness (QED) is 0.761. The minimum atomic E-state index is -0.805. The first-order valence-corrected chi connectivity index (χ1v) is 6.92. The van der Waals surface area contributed by atoms with Crippen LogP contribution in [0.1, 0.15) is 32.1 Å². The number of carboxylic acid groups (broad SMARTS) is 1. The number of nitrogens with one attached hydrogen (secondary N) is 1. The zero-order valence-corrected chi connectivity index (χ0v) is 10.7. The second-order valence-electron chi connectivity index (χ2n) is 5.26. The molecule has 18 heavy (non-hydrogen) atoms. The van der Waals surface area contributed by atoms with Gasteiger partial charge in [0.1, 0.15) is 0 Å². The number of carboxylic acids is 1. The molecule has 0 bridgehead atoms. The molecule has 1 aliphatic heterocycles. The van der Waals surface area contributed by atoms with Crippen LogP contribution in [0, 0.1) is 11.8 Å². The molecule has 0 spiro atoms. The SMILES string of the molecule is O=C(O)[C@H]1CCCC[C@H]1C(=O)N1CCCNCC1. The maximum atomic E-state index is 12.5. The Morgan fingerprint density at radius 1 is 1.00 bits per heavy atom. The van der Waals surface area contributed by atoms with E-state index in [2.05, 4.69) is 5.32 Å². The molecular weight excluding hydrogens is 232 g/mol. The van der Waals surface area contributed by atoms with Gasteiger partial charge >= 0.3 is 5.97 Å². The Bertz CT molecular complexity index is 311. The topological polar surface area (TPSA) is 69.6 Å². The van der Waals surface area contributed by atoms with Crippen molar-refractivity contribution in [3.8, 4) is 0 Å². The summed E-state index contributed by atoms with van der Waals surface area (Å²) in [6, 6.07) is 0. The van der Waals surface area contributed by atoms with Crippen LogP contribution in [0.4, 0.5) is 0 Å². The van der Waals surface area contributed by atoms with Crippen LogP contribution in [0.5, 0.6) is 0 Å². The summed E-state index contributed by atoms with van der Waals surface area (Å²) in [5.74, 6) is -1.51. The molecule has 5 heteroatoms. The summed E-state index contributed by atoms with van der Waals surface area (Å²) in [6.45, 7) is 3.23. The molecule has 2 aliphatic rings. The smallest absolute Gasteiger partial charge is 0.307 e.